The van der Waals surface area contributed by atoms with Crippen LogP contribution in [0.2, 0.25) is 0 Å². The molecule has 7 nitrogen and oxygen atoms in total. The molecule has 2 aromatic rings. The van der Waals surface area contributed by atoms with Gasteiger partial charge in [0.2, 0.25) is 17.7 Å². The first-order chi connectivity index (χ1) is 13.8. The summed E-state index contributed by atoms with van der Waals surface area (Å²) in [5.41, 5.74) is 1.29. The quantitative estimate of drug-likeness (QED) is 0.631. The van der Waals surface area contributed by atoms with Gasteiger partial charge in [-0.3, -0.25) is 19.3 Å². The second-order valence-electron chi connectivity index (χ2n) is 6.29. The Labute approximate surface area is 167 Å². The molecule has 0 aliphatic rings. The van der Waals surface area contributed by atoms with Crippen molar-refractivity contribution >= 4 is 34.8 Å². The zero-order chi connectivity index (χ0) is 21.4. The van der Waals surface area contributed by atoms with E-state index in [1.807, 2.05) is 0 Å². The average molecular weight is 404 g/mol. The Kier molecular flexibility index (Phi) is 7.79. The Bertz CT molecular complexity index is 888. The molecule has 3 amide bonds. The van der Waals surface area contributed by atoms with Crippen molar-refractivity contribution in [1.29, 1.82) is 0 Å². The minimum absolute atomic E-state index is 0.0326. The third-order valence-electron chi connectivity index (χ3n) is 3.87. The maximum atomic E-state index is 13.2. The molecule has 154 valence electrons. The van der Waals surface area contributed by atoms with E-state index >= 15 is 0 Å². The fraction of sp³-hybridized carbons (Fsp3) is 0.250. The van der Waals surface area contributed by atoms with E-state index in [1.54, 1.807) is 36.1 Å². The number of halogens is 2. The minimum atomic E-state index is -1.06. The zero-order valence-electron chi connectivity index (χ0n) is 16.1. The van der Waals surface area contributed by atoms with Crippen molar-refractivity contribution in [3.63, 3.8) is 0 Å². The first-order valence-electron chi connectivity index (χ1n) is 8.91. The molecule has 2 aromatic carbocycles. The number of carbonyl (C=O) groups excluding carboxylic acids is 3. The van der Waals surface area contributed by atoms with Crippen molar-refractivity contribution in [3.8, 4) is 0 Å². The van der Waals surface area contributed by atoms with Crippen molar-refractivity contribution in [2.75, 3.05) is 35.6 Å². The van der Waals surface area contributed by atoms with E-state index < -0.39 is 17.5 Å². The van der Waals surface area contributed by atoms with Crippen LogP contribution in [0.3, 0.4) is 0 Å². The molecule has 0 spiro atoms. The molecule has 0 saturated heterocycles. The molecule has 0 unspecified atom stereocenters. The van der Waals surface area contributed by atoms with Gasteiger partial charge >= 0.3 is 0 Å². The lowest BCUT2D eigenvalue weighted by atomic mass is 10.2. The van der Waals surface area contributed by atoms with E-state index in [4.69, 9.17) is 0 Å². The molecule has 29 heavy (non-hydrogen) atoms. The highest BCUT2D eigenvalue weighted by atomic mass is 19.2. The highest BCUT2D eigenvalue weighted by Gasteiger charge is 2.14. The number of benzene rings is 2. The Morgan fingerprint density at radius 1 is 0.793 bits per heavy atom. The molecule has 0 aliphatic carbocycles. The summed E-state index contributed by atoms with van der Waals surface area (Å²) in [7, 11) is 0. The van der Waals surface area contributed by atoms with Crippen molar-refractivity contribution in [1.82, 2.24) is 4.90 Å². The van der Waals surface area contributed by atoms with Crippen LogP contribution in [-0.2, 0) is 14.4 Å². The third-order valence-corrected chi connectivity index (χ3v) is 3.87. The van der Waals surface area contributed by atoms with Gasteiger partial charge in [0.25, 0.3) is 0 Å². The highest BCUT2D eigenvalue weighted by molar-refractivity contribution is 5.95. The maximum absolute atomic E-state index is 13.2. The van der Waals surface area contributed by atoms with Gasteiger partial charge in [-0.15, -0.1) is 0 Å². The predicted octanol–water partition coefficient (Wildman–Crippen LogP) is 2.82. The second kappa shape index (κ2) is 10.3. The summed E-state index contributed by atoms with van der Waals surface area (Å²) in [6.07, 6.45) is 0. The number of nitrogens with zero attached hydrogens (tertiary/aromatic N) is 1. The van der Waals surface area contributed by atoms with Gasteiger partial charge < -0.3 is 16.0 Å². The van der Waals surface area contributed by atoms with E-state index in [0.29, 0.717) is 17.9 Å². The van der Waals surface area contributed by atoms with E-state index in [1.165, 1.54) is 13.0 Å². The molecule has 0 bridgehead atoms. The molecule has 0 aliphatic heterocycles. The lowest BCUT2D eigenvalue weighted by molar-refractivity contribution is -0.120. The van der Waals surface area contributed by atoms with Crippen LogP contribution in [0.5, 0.6) is 0 Å². The number of amides is 3. The van der Waals surface area contributed by atoms with Gasteiger partial charge in [-0.25, -0.2) is 8.78 Å². The smallest absolute Gasteiger partial charge is 0.238 e. The number of carbonyl (C=O) groups is 3. The predicted molar refractivity (Wildman–Crippen MR) is 106 cm³/mol. The van der Waals surface area contributed by atoms with Crippen LogP contribution in [0, 0.1) is 11.6 Å². The summed E-state index contributed by atoms with van der Waals surface area (Å²) < 4.78 is 26.2. The largest absolute Gasteiger partial charge is 0.326 e. The Morgan fingerprint density at radius 2 is 1.28 bits per heavy atom. The number of nitrogens with one attached hydrogen (secondary N) is 3. The summed E-state index contributed by atoms with van der Waals surface area (Å²) in [4.78, 5) is 36.9. The average Bonchev–Trinajstić information content (AvgIpc) is 2.65. The van der Waals surface area contributed by atoms with E-state index in [0.717, 1.165) is 12.1 Å². The SMILES string of the molecule is CCN(CC(=O)Nc1ccc(NC(C)=O)cc1)CC(=O)Nc1ccc(F)c(F)c1. The topological polar surface area (TPSA) is 90.5 Å². The Hall–Kier alpha value is -3.33. The molecule has 0 aromatic heterocycles. The molecule has 0 fully saturated rings. The maximum Gasteiger partial charge on any atom is 0.238 e. The molecule has 0 heterocycles. The number of rotatable bonds is 8. The first-order valence-corrected chi connectivity index (χ1v) is 8.91. The molecule has 9 heteroatoms. The van der Waals surface area contributed by atoms with Gasteiger partial charge in [0.1, 0.15) is 0 Å². The Balaban J connectivity index is 1.86. The molecule has 3 N–H and O–H groups in total. The monoisotopic (exact) mass is 404 g/mol. The van der Waals surface area contributed by atoms with Gasteiger partial charge in [-0.05, 0) is 42.9 Å². The number of likely N-dealkylation sites (N-methyl/N-ethyl adjacent to an activating group) is 1. The van der Waals surface area contributed by atoms with Crippen LogP contribution >= 0.6 is 0 Å². The molecule has 2 rings (SSSR count). The van der Waals surface area contributed by atoms with E-state index in [2.05, 4.69) is 16.0 Å². The fourth-order valence-corrected chi connectivity index (χ4v) is 2.50. The summed E-state index contributed by atoms with van der Waals surface area (Å²) in [6, 6.07) is 9.68. The van der Waals surface area contributed by atoms with Crippen molar-refractivity contribution < 1.29 is 23.2 Å². The van der Waals surface area contributed by atoms with Crippen LogP contribution in [0.4, 0.5) is 25.8 Å². The number of anilines is 3. The summed E-state index contributed by atoms with van der Waals surface area (Å²) >= 11 is 0. The second-order valence-corrected chi connectivity index (χ2v) is 6.29. The molecule has 0 radical (unpaired) electrons. The van der Waals surface area contributed by atoms with Gasteiger partial charge in [0.05, 0.1) is 13.1 Å². The van der Waals surface area contributed by atoms with Crippen LogP contribution in [0.15, 0.2) is 42.5 Å². The summed E-state index contributed by atoms with van der Waals surface area (Å²) in [6.45, 7) is 3.50. The molecule has 0 saturated carbocycles. The molecular weight excluding hydrogens is 382 g/mol. The van der Waals surface area contributed by atoms with Crippen molar-refractivity contribution in [2.45, 2.75) is 13.8 Å². The van der Waals surface area contributed by atoms with Crippen molar-refractivity contribution in [2.24, 2.45) is 0 Å². The molecule has 0 atom stereocenters. The molecular formula is C20H22F2N4O3. The first kappa shape index (κ1) is 22.0. The van der Waals surface area contributed by atoms with Crippen LogP contribution in [0.25, 0.3) is 0 Å². The lowest BCUT2D eigenvalue weighted by Crippen LogP contribution is -2.38. The summed E-state index contributed by atoms with van der Waals surface area (Å²) in [5.74, 6) is -3.02. The normalized spacial score (nSPS) is 10.5. The van der Waals surface area contributed by atoms with E-state index in [-0.39, 0.29) is 30.6 Å². The minimum Gasteiger partial charge on any atom is -0.326 e. The van der Waals surface area contributed by atoms with Gasteiger partial charge in [0, 0.05) is 30.1 Å². The van der Waals surface area contributed by atoms with E-state index in [9.17, 15) is 23.2 Å². The highest BCUT2D eigenvalue weighted by Crippen LogP contribution is 2.14. The van der Waals surface area contributed by atoms with Gasteiger partial charge in [-0.1, -0.05) is 6.92 Å². The zero-order valence-corrected chi connectivity index (χ0v) is 16.1. The fourth-order valence-electron chi connectivity index (χ4n) is 2.50. The number of hydrogen-bond acceptors (Lipinski definition) is 4. The van der Waals surface area contributed by atoms with Crippen LogP contribution < -0.4 is 16.0 Å². The third kappa shape index (κ3) is 7.30. The Morgan fingerprint density at radius 3 is 1.76 bits per heavy atom. The van der Waals surface area contributed by atoms with Crippen LogP contribution in [0.1, 0.15) is 13.8 Å². The summed E-state index contributed by atoms with van der Waals surface area (Å²) in [5, 5.41) is 7.80. The van der Waals surface area contributed by atoms with Crippen molar-refractivity contribution in [3.05, 3.63) is 54.1 Å². The number of hydrogen-bond donors (Lipinski definition) is 3. The lowest BCUT2D eigenvalue weighted by Gasteiger charge is -2.19. The van der Waals surface area contributed by atoms with Gasteiger partial charge in [0.15, 0.2) is 11.6 Å². The standard InChI is InChI=1S/C20H22F2N4O3/c1-3-26(12-20(29)25-16-8-9-17(21)18(22)10-16)11-19(28)24-15-6-4-14(5-7-15)23-13(2)27/h4-10H,3,11-12H2,1-2H3,(H,23,27)(H,24,28)(H,25,29). The van der Waals surface area contributed by atoms with Crippen LogP contribution in [-0.4, -0.2) is 42.3 Å². The van der Waals surface area contributed by atoms with Gasteiger partial charge in [-0.2, -0.15) is 0 Å².